The van der Waals surface area contributed by atoms with Gasteiger partial charge in [0.05, 0.1) is 27.8 Å². The zero-order valence-electron chi connectivity index (χ0n) is 14.5. The molecular formula is C17H22BFN2O2. The van der Waals surface area contributed by atoms with Gasteiger partial charge >= 0.3 is 7.12 Å². The summed E-state index contributed by atoms with van der Waals surface area (Å²) in [5.74, 6) is -0.335. The summed E-state index contributed by atoms with van der Waals surface area (Å²) in [6.45, 7) is 13.7. The van der Waals surface area contributed by atoms with Crippen molar-refractivity contribution in [3.63, 3.8) is 0 Å². The van der Waals surface area contributed by atoms with Crippen molar-refractivity contribution in [2.75, 3.05) is 0 Å². The fraction of sp³-hybridized carbons (Fsp3) is 0.471. The molecule has 2 aromatic rings. The van der Waals surface area contributed by atoms with Crippen molar-refractivity contribution in [3.05, 3.63) is 30.2 Å². The van der Waals surface area contributed by atoms with Crippen molar-refractivity contribution in [2.45, 2.75) is 45.8 Å². The number of fused-ring (bicyclic) bond motifs is 1. The SMILES string of the molecule is C=C(C)c1c2c(F)cc(B3OC(C)(C)C(C)(C)O3)cc2nn1C. The molecule has 1 aliphatic heterocycles. The average molecular weight is 316 g/mol. The molecule has 0 bridgehead atoms. The van der Waals surface area contributed by atoms with Gasteiger partial charge in [-0.3, -0.25) is 4.68 Å². The van der Waals surface area contributed by atoms with Crippen molar-refractivity contribution in [1.29, 1.82) is 0 Å². The first-order valence-corrected chi connectivity index (χ1v) is 7.71. The molecule has 23 heavy (non-hydrogen) atoms. The van der Waals surface area contributed by atoms with Crippen LogP contribution in [0.15, 0.2) is 18.7 Å². The van der Waals surface area contributed by atoms with Gasteiger partial charge in [0.1, 0.15) is 5.82 Å². The van der Waals surface area contributed by atoms with Gasteiger partial charge in [-0.1, -0.05) is 6.58 Å². The van der Waals surface area contributed by atoms with Gasteiger partial charge < -0.3 is 9.31 Å². The molecule has 1 fully saturated rings. The van der Waals surface area contributed by atoms with E-state index in [0.29, 0.717) is 22.1 Å². The third-order valence-electron chi connectivity index (χ3n) is 4.84. The van der Waals surface area contributed by atoms with Gasteiger partial charge in [-0.15, -0.1) is 0 Å². The molecule has 122 valence electrons. The highest BCUT2D eigenvalue weighted by atomic mass is 19.1. The molecule has 1 aliphatic rings. The lowest BCUT2D eigenvalue weighted by atomic mass is 9.78. The number of hydrogen-bond acceptors (Lipinski definition) is 3. The number of aromatic nitrogens is 2. The van der Waals surface area contributed by atoms with Crippen molar-refractivity contribution < 1.29 is 13.7 Å². The van der Waals surface area contributed by atoms with Crippen molar-refractivity contribution >= 4 is 29.1 Å². The van der Waals surface area contributed by atoms with Crippen LogP contribution in [0.5, 0.6) is 0 Å². The van der Waals surface area contributed by atoms with Crippen LogP contribution < -0.4 is 5.46 Å². The molecule has 3 rings (SSSR count). The zero-order chi connectivity index (χ0) is 17.2. The van der Waals surface area contributed by atoms with E-state index in [1.54, 1.807) is 11.7 Å². The maximum Gasteiger partial charge on any atom is 0.495 e. The Hall–Kier alpha value is -1.66. The summed E-state index contributed by atoms with van der Waals surface area (Å²) < 4.78 is 28.4. The lowest BCUT2D eigenvalue weighted by Gasteiger charge is -2.32. The molecule has 0 unspecified atom stereocenters. The molecule has 0 spiro atoms. The first kappa shape index (κ1) is 16.2. The summed E-state index contributed by atoms with van der Waals surface area (Å²) in [4.78, 5) is 0. The zero-order valence-corrected chi connectivity index (χ0v) is 14.5. The van der Waals surface area contributed by atoms with Crippen molar-refractivity contribution in [1.82, 2.24) is 9.78 Å². The Bertz CT molecular complexity index is 795. The number of halogens is 1. The number of aryl methyl sites for hydroxylation is 1. The van der Waals surface area contributed by atoms with E-state index < -0.39 is 18.3 Å². The molecule has 1 saturated heterocycles. The second-order valence-electron chi connectivity index (χ2n) is 7.24. The van der Waals surface area contributed by atoms with Crippen LogP contribution in [0, 0.1) is 5.82 Å². The second-order valence-corrected chi connectivity index (χ2v) is 7.24. The molecule has 6 heteroatoms. The molecular weight excluding hydrogens is 294 g/mol. The summed E-state index contributed by atoms with van der Waals surface area (Å²) in [5, 5.41) is 4.89. The Morgan fingerprint density at radius 3 is 2.30 bits per heavy atom. The molecule has 0 amide bonds. The van der Waals surface area contributed by atoms with Gasteiger partial charge in [0.2, 0.25) is 0 Å². The number of rotatable bonds is 2. The molecule has 0 aliphatic carbocycles. The van der Waals surface area contributed by atoms with E-state index in [1.807, 2.05) is 40.7 Å². The van der Waals surface area contributed by atoms with Crippen LogP contribution in [0.25, 0.3) is 16.5 Å². The summed E-state index contributed by atoms with van der Waals surface area (Å²) in [6, 6.07) is 3.30. The van der Waals surface area contributed by atoms with Crippen LogP contribution in [0.4, 0.5) is 4.39 Å². The average Bonchev–Trinajstić information content (AvgIpc) is 2.83. The van der Waals surface area contributed by atoms with Gasteiger partial charge in [-0.2, -0.15) is 5.10 Å². The van der Waals surface area contributed by atoms with E-state index in [9.17, 15) is 4.39 Å². The third-order valence-corrected chi connectivity index (χ3v) is 4.84. The summed E-state index contributed by atoms with van der Waals surface area (Å²) in [7, 11) is 1.19. The summed E-state index contributed by atoms with van der Waals surface area (Å²) in [5.41, 5.74) is 1.78. The third kappa shape index (κ3) is 2.41. The highest BCUT2D eigenvalue weighted by Crippen LogP contribution is 2.37. The minimum Gasteiger partial charge on any atom is -0.399 e. The maximum atomic E-state index is 14.7. The smallest absolute Gasteiger partial charge is 0.399 e. The topological polar surface area (TPSA) is 36.3 Å². The van der Waals surface area contributed by atoms with Gasteiger partial charge in [-0.05, 0) is 57.8 Å². The fourth-order valence-corrected chi connectivity index (χ4v) is 2.90. The Morgan fingerprint density at radius 1 is 1.22 bits per heavy atom. The van der Waals surface area contributed by atoms with Crippen molar-refractivity contribution in [3.8, 4) is 0 Å². The van der Waals surface area contributed by atoms with E-state index in [1.165, 1.54) is 6.07 Å². The molecule has 2 heterocycles. The van der Waals surface area contributed by atoms with Gasteiger partial charge in [0.15, 0.2) is 0 Å². The Balaban J connectivity index is 2.10. The normalized spacial score (nSPS) is 19.5. The Morgan fingerprint density at radius 2 is 1.78 bits per heavy atom. The monoisotopic (exact) mass is 316 g/mol. The van der Waals surface area contributed by atoms with Gasteiger partial charge in [-0.25, -0.2) is 4.39 Å². The predicted molar refractivity (Wildman–Crippen MR) is 91.1 cm³/mol. The van der Waals surface area contributed by atoms with Crippen LogP contribution in [0.3, 0.4) is 0 Å². The molecule has 0 N–H and O–H groups in total. The lowest BCUT2D eigenvalue weighted by Crippen LogP contribution is -2.41. The van der Waals surface area contributed by atoms with E-state index in [-0.39, 0.29) is 5.82 Å². The number of benzene rings is 1. The predicted octanol–water partition coefficient (Wildman–Crippen LogP) is 3.04. The van der Waals surface area contributed by atoms with Crippen molar-refractivity contribution in [2.24, 2.45) is 7.05 Å². The Labute approximate surface area is 136 Å². The lowest BCUT2D eigenvalue weighted by molar-refractivity contribution is 0.00578. The van der Waals surface area contributed by atoms with Gasteiger partial charge in [0, 0.05) is 7.05 Å². The van der Waals surface area contributed by atoms with Gasteiger partial charge in [0.25, 0.3) is 0 Å². The quantitative estimate of drug-likeness (QED) is 0.799. The minimum atomic E-state index is -0.603. The van der Waals surface area contributed by atoms with Crippen LogP contribution in [0.2, 0.25) is 0 Å². The van der Waals surface area contributed by atoms with E-state index >= 15 is 0 Å². The number of hydrogen-bond donors (Lipinski definition) is 0. The molecule has 0 saturated carbocycles. The first-order chi connectivity index (χ1) is 10.5. The van der Waals surface area contributed by atoms with Crippen LogP contribution >= 0.6 is 0 Å². The highest BCUT2D eigenvalue weighted by Gasteiger charge is 2.51. The summed E-state index contributed by atoms with van der Waals surface area (Å²) >= 11 is 0. The standard InChI is InChI=1S/C17H22BFN2O2/c1-10(2)15-14-12(19)8-11(9-13(14)20-21(15)7)18-22-16(3,4)17(5,6)23-18/h8-9H,1H2,2-7H3. The van der Waals surface area contributed by atoms with E-state index in [4.69, 9.17) is 9.31 Å². The van der Waals surface area contributed by atoms with Crippen LogP contribution in [-0.2, 0) is 16.4 Å². The van der Waals surface area contributed by atoms with E-state index in [0.717, 1.165) is 5.57 Å². The molecule has 1 aromatic heterocycles. The van der Waals surface area contributed by atoms with Crippen LogP contribution in [-0.4, -0.2) is 28.1 Å². The van der Waals surface area contributed by atoms with Crippen LogP contribution in [0.1, 0.15) is 40.3 Å². The number of allylic oxidation sites excluding steroid dienone is 1. The maximum absolute atomic E-state index is 14.7. The first-order valence-electron chi connectivity index (χ1n) is 7.71. The molecule has 0 atom stereocenters. The molecule has 1 aromatic carbocycles. The fourth-order valence-electron chi connectivity index (χ4n) is 2.90. The summed E-state index contributed by atoms with van der Waals surface area (Å²) in [6.07, 6.45) is 0. The second kappa shape index (κ2) is 4.92. The van der Waals surface area contributed by atoms with E-state index in [2.05, 4.69) is 11.7 Å². The molecule has 4 nitrogen and oxygen atoms in total. The molecule has 0 radical (unpaired) electrons. The highest BCUT2D eigenvalue weighted by molar-refractivity contribution is 6.62. The largest absolute Gasteiger partial charge is 0.495 e. The number of nitrogens with zero attached hydrogens (tertiary/aromatic N) is 2. The Kier molecular flexibility index (Phi) is 3.47. The minimum absolute atomic E-state index is 0.335.